The van der Waals surface area contributed by atoms with E-state index in [0.29, 0.717) is 16.5 Å². The number of anilines is 1. The smallest absolute Gasteiger partial charge is 0.317 e. The molecule has 0 spiro atoms. The number of aromatic nitrogens is 2. The standard InChI is InChI=1S/C20H18FN3O3S/c1-14(19(26)23-16-7-3-2-4-8-16)27-18(25)13-28-20-22-10-11-24(20)17-9-5-6-15(21)12-17/h2-12,14H,13H2,1H3,(H,23,26)/t14-/m1/s1. The van der Waals surface area contributed by atoms with Gasteiger partial charge in [0.05, 0.1) is 11.4 Å². The van der Waals surface area contributed by atoms with Gasteiger partial charge in [0.2, 0.25) is 0 Å². The number of amides is 1. The molecule has 0 radical (unpaired) electrons. The summed E-state index contributed by atoms with van der Waals surface area (Å²) >= 11 is 1.14. The van der Waals surface area contributed by atoms with E-state index >= 15 is 0 Å². The van der Waals surface area contributed by atoms with Crippen molar-refractivity contribution in [1.82, 2.24) is 9.55 Å². The van der Waals surface area contributed by atoms with Gasteiger partial charge in [0.15, 0.2) is 11.3 Å². The Hall–Kier alpha value is -3.13. The maximum absolute atomic E-state index is 13.4. The van der Waals surface area contributed by atoms with E-state index in [9.17, 15) is 14.0 Å². The molecule has 8 heteroatoms. The highest BCUT2D eigenvalue weighted by Crippen LogP contribution is 2.21. The van der Waals surface area contributed by atoms with Crippen molar-refractivity contribution in [3.05, 3.63) is 72.8 Å². The van der Waals surface area contributed by atoms with Gasteiger partial charge in [-0.3, -0.25) is 14.2 Å². The van der Waals surface area contributed by atoms with Gasteiger partial charge in [-0.15, -0.1) is 0 Å². The molecule has 0 aliphatic heterocycles. The Balaban J connectivity index is 1.53. The lowest BCUT2D eigenvalue weighted by molar-refractivity contribution is -0.150. The molecule has 0 saturated heterocycles. The second-order valence-corrected chi connectivity index (χ2v) is 6.78. The first-order valence-electron chi connectivity index (χ1n) is 8.50. The van der Waals surface area contributed by atoms with Crippen molar-refractivity contribution in [2.24, 2.45) is 0 Å². The minimum atomic E-state index is -0.934. The molecule has 0 bridgehead atoms. The molecule has 0 saturated carbocycles. The summed E-state index contributed by atoms with van der Waals surface area (Å²) in [6, 6.07) is 15.0. The molecular formula is C20H18FN3O3S. The quantitative estimate of drug-likeness (QED) is 0.485. The van der Waals surface area contributed by atoms with Crippen molar-refractivity contribution < 1.29 is 18.7 Å². The summed E-state index contributed by atoms with van der Waals surface area (Å²) < 4.78 is 20.3. The van der Waals surface area contributed by atoms with E-state index in [0.717, 1.165) is 11.8 Å². The molecule has 3 aromatic rings. The Morgan fingerprint density at radius 1 is 1.21 bits per heavy atom. The lowest BCUT2D eigenvalue weighted by Crippen LogP contribution is -2.30. The third-order valence-corrected chi connectivity index (χ3v) is 4.67. The Labute approximate surface area is 165 Å². The second-order valence-electron chi connectivity index (χ2n) is 5.84. The van der Waals surface area contributed by atoms with Gasteiger partial charge >= 0.3 is 5.97 Å². The van der Waals surface area contributed by atoms with Crippen LogP contribution < -0.4 is 5.32 Å². The molecule has 144 valence electrons. The molecule has 1 atom stereocenters. The summed E-state index contributed by atoms with van der Waals surface area (Å²) in [7, 11) is 0. The molecule has 0 fully saturated rings. The number of esters is 1. The Morgan fingerprint density at radius 2 is 2.00 bits per heavy atom. The number of thioether (sulfide) groups is 1. The maximum atomic E-state index is 13.4. The fourth-order valence-electron chi connectivity index (χ4n) is 2.39. The Morgan fingerprint density at radius 3 is 2.75 bits per heavy atom. The number of halogens is 1. The van der Waals surface area contributed by atoms with E-state index in [1.807, 2.05) is 6.07 Å². The first-order chi connectivity index (χ1) is 13.5. The predicted octanol–water partition coefficient (Wildman–Crippen LogP) is 3.67. The topological polar surface area (TPSA) is 73.2 Å². The van der Waals surface area contributed by atoms with Crippen LogP contribution in [0.25, 0.3) is 5.69 Å². The van der Waals surface area contributed by atoms with E-state index in [4.69, 9.17) is 4.74 Å². The minimum absolute atomic E-state index is 0.0325. The summed E-state index contributed by atoms with van der Waals surface area (Å²) in [5, 5.41) is 3.20. The number of ether oxygens (including phenoxy) is 1. The highest BCUT2D eigenvalue weighted by atomic mass is 32.2. The van der Waals surface area contributed by atoms with Gasteiger partial charge in [-0.05, 0) is 37.3 Å². The molecule has 1 aromatic heterocycles. The molecule has 2 aromatic carbocycles. The minimum Gasteiger partial charge on any atom is -0.452 e. The molecule has 3 rings (SSSR count). The number of hydrogen-bond donors (Lipinski definition) is 1. The van der Waals surface area contributed by atoms with Crippen LogP contribution in [-0.2, 0) is 14.3 Å². The largest absolute Gasteiger partial charge is 0.452 e. The van der Waals surface area contributed by atoms with Gasteiger partial charge in [-0.2, -0.15) is 0 Å². The van der Waals surface area contributed by atoms with E-state index in [2.05, 4.69) is 10.3 Å². The first kappa shape index (κ1) is 19.6. The predicted molar refractivity (Wildman–Crippen MR) is 105 cm³/mol. The van der Waals surface area contributed by atoms with E-state index in [-0.39, 0.29) is 11.6 Å². The molecule has 1 heterocycles. The number of benzene rings is 2. The van der Waals surface area contributed by atoms with Crippen molar-refractivity contribution in [1.29, 1.82) is 0 Å². The average Bonchev–Trinajstić information content (AvgIpc) is 3.16. The van der Waals surface area contributed by atoms with Crippen molar-refractivity contribution in [3.8, 4) is 5.69 Å². The van der Waals surface area contributed by atoms with E-state index in [1.165, 1.54) is 19.1 Å². The second kappa shape index (κ2) is 9.18. The highest BCUT2D eigenvalue weighted by molar-refractivity contribution is 7.99. The van der Waals surface area contributed by atoms with Crippen LogP contribution in [0.4, 0.5) is 10.1 Å². The molecule has 6 nitrogen and oxygen atoms in total. The number of carbonyl (C=O) groups excluding carboxylic acids is 2. The van der Waals surface area contributed by atoms with Gasteiger partial charge in [-0.25, -0.2) is 9.37 Å². The average molecular weight is 399 g/mol. The fraction of sp³-hybridized carbons (Fsp3) is 0.150. The third kappa shape index (κ3) is 5.20. The molecule has 0 aliphatic carbocycles. The van der Waals surface area contributed by atoms with Gasteiger partial charge < -0.3 is 10.1 Å². The van der Waals surface area contributed by atoms with Crippen LogP contribution in [0.1, 0.15) is 6.92 Å². The van der Waals surface area contributed by atoms with Gasteiger partial charge in [0, 0.05) is 18.1 Å². The highest BCUT2D eigenvalue weighted by Gasteiger charge is 2.19. The van der Waals surface area contributed by atoms with Crippen molar-refractivity contribution >= 4 is 29.3 Å². The van der Waals surface area contributed by atoms with Crippen LogP contribution in [0, 0.1) is 5.82 Å². The number of nitrogens with zero attached hydrogens (tertiary/aromatic N) is 2. The number of para-hydroxylation sites is 1. The summed E-state index contributed by atoms with van der Waals surface area (Å²) in [6.45, 7) is 1.51. The monoisotopic (exact) mass is 399 g/mol. The van der Waals surface area contributed by atoms with Crippen LogP contribution >= 0.6 is 11.8 Å². The zero-order valence-electron chi connectivity index (χ0n) is 15.0. The van der Waals surface area contributed by atoms with Crippen molar-refractivity contribution in [2.45, 2.75) is 18.2 Å². The number of nitrogens with one attached hydrogen (secondary N) is 1. The third-order valence-electron chi connectivity index (χ3n) is 3.73. The van der Waals surface area contributed by atoms with E-state index < -0.39 is 18.0 Å². The summed E-state index contributed by atoms with van der Waals surface area (Å²) in [5.74, 6) is -1.35. The van der Waals surface area contributed by atoms with Crippen molar-refractivity contribution in [3.63, 3.8) is 0 Å². The normalized spacial score (nSPS) is 11.6. The Bertz CT molecular complexity index is 962. The molecule has 0 aliphatic rings. The SMILES string of the molecule is C[C@@H](OC(=O)CSc1nccn1-c1cccc(F)c1)C(=O)Nc1ccccc1. The van der Waals surface area contributed by atoms with Gasteiger partial charge in [0.1, 0.15) is 5.82 Å². The van der Waals surface area contributed by atoms with Crippen LogP contribution in [-0.4, -0.2) is 33.3 Å². The summed E-state index contributed by atoms with van der Waals surface area (Å²) in [4.78, 5) is 28.4. The summed E-state index contributed by atoms with van der Waals surface area (Å²) in [5.41, 5.74) is 1.23. The van der Waals surface area contributed by atoms with Gasteiger partial charge in [0.25, 0.3) is 5.91 Å². The number of rotatable bonds is 7. The lowest BCUT2D eigenvalue weighted by Gasteiger charge is -2.13. The number of carbonyl (C=O) groups is 2. The summed E-state index contributed by atoms with van der Waals surface area (Å²) in [6.07, 6.45) is 2.31. The Kier molecular flexibility index (Phi) is 6.44. The van der Waals surface area contributed by atoms with Crippen LogP contribution in [0.5, 0.6) is 0 Å². The van der Waals surface area contributed by atoms with Crippen molar-refractivity contribution in [2.75, 3.05) is 11.1 Å². The zero-order valence-corrected chi connectivity index (χ0v) is 15.9. The van der Waals surface area contributed by atoms with Crippen LogP contribution in [0.3, 0.4) is 0 Å². The molecule has 0 unspecified atom stereocenters. The van der Waals surface area contributed by atoms with Gasteiger partial charge in [-0.1, -0.05) is 36.0 Å². The van der Waals surface area contributed by atoms with E-state index in [1.54, 1.807) is 53.4 Å². The molecular weight excluding hydrogens is 381 g/mol. The molecule has 1 amide bonds. The number of hydrogen-bond acceptors (Lipinski definition) is 5. The van der Waals surface area contributed by atoms with Crippen LogP contribution in [0.15, 0.2) is 72.1 Å². The first-order valence-corrected chi connectivity index (χ1v) is 9.49. The lowest BCUT2D eigenvalue weighted by atomic mass is 10.3. The molecule has 1 N–H and O–H groups in total. The van der Waals surface area contributed by atoms with Crippen LogP contribution in [0.2, 0.25) is 0 Å². The fourth-order valence-corrected chi connectivity index (χ4v) is 3.15. The maximum Gasteiger partial charge on any atom is 0.317 e. The molecule has 28 heavy (non-hydrogen) atoms. The zero-order chi connectivity index (χ0) is 19.9. The number of imidazole rings is 1.